The fourth-order valence-corrected chi connectivity index (χ4v) is 4.33. The van der Waals surface area contributed by atoms with Crippen LogP contribution in [0.2, 0.25) is 0 Å². The third kappa shape index (κ3) is 8.41. The van der Waals surface area contributed by atoms with E-state index in [1.165, 1.54) is 6.08 Å². The second kappa shape index (κ2) is 13.2. The Morgan fingerprint density at radius 2 is 1.68 bits per heavy atom. The average molecular weight is 526 g/mol. The first-order valence-corrected chi connectivity index (χ1v) is 12.7. The Labute approximate surface area is 223 Å². The lowest BCUT2D eigenvalue weighted by molar-refractivity contribution is -0.148. The highest BCUT2D eigenvalue weighted by molar-refractivity contribution is 6.05. The summed E-state index contributed by atoms with van der Waals surface area (Å²) in [6.07, 6.45) is 2.46. The first-order valence-electron chi connectivity index (χ1n) is 12.7. The van der Waals surface area contributed by atoms with Gasteiger partial charge in [0.05, 0.1) is 23.9 Å². The summed E-state index contributed by atoms with van der Waals surface area (Å²) in [6, 6.07) is 14.4. The quantitative estimate of drug-likeness (QED) is 0.344. The van der Waals surface area contributed by atoms with Crippen molar-refractivity contribution in [1.29, 1.82) is 0 Å². The molecule has 2 aromatic carbocycles. The summed E-state index contributed by atoms with van der Waals surface area (Å²) < 4.78 is 23.4. The summed E-state index contributed by atoms with van der Waals surface area (Å²) in [6.45, 7) is 8.27. The SMILES string of the molecule is CCOC(=O)C1CN(CCF)CC1c1ccc(/C=C/C(=O)Nc2ccccc2NC(=O)OC(C)(C)C)cc1. The summed E-state index contributed by atoms with van der Waals surface area (Å²) in [5, 5.41) is 5.42. The van der Waals surface area contributed by atoms with Crippen molar-refractivity contribution in [2.75, 3.05) is 43.5 Å². The van der Waals surface area contributed by atoms with Crippen molar-refractivity contribution in [1.82, 2.24) is 4.90 Å². The van der Waals surface area contributed by atoms with Crippen LogP contribution in [0, 0.1) is 5.92 Å². The molecular formula is C29H36FN3O5. The number of rotatable bonds is 9. The van der Waals surface area contributed by atoms with Gasteiger partial charge in [0.15, 0.2) is 0 Å². The predicted octanol–water partition coefficient (Wildman–Crippen LogP) is 5.23. The van der Waals surface area contributed by atoms with E-state index in [9.17, 15) is 18.8 Å². The van der Waals surface area contributed by atoms with Crippen molar-refractivity contribution in [3.8, 4) is 0 Å². The number of alkyl halides is 1. The van der Waals surface area contributed by atoms with Crippen molar-refractivity contribution in [2.24, 2.45) is 5.92 Å². The Hall–Kier alpha value is -3.72. The van der Waals surface area contributed by atoms with Crippen molar-refractivity contribution >= 4 is 35.4 Å². The molecule has 0 spiro atoms. The van der Waals surface area contributed by atoms with Gasteiger partial charge in [0.25, 0.3) is 0 Å². The third-order valence-electron chi connectivity index (χ3n) is 6.00. The minimum absolute atomic E-state index is 0.0871. The molecule has 2 atom stereocenters. The van der Waals surface area contributed by atoms with Crippen LogP contribution in [0.15, 0.2) is 54.6 Å². The Morgan fingerprint density at radius 3 is 2.29 bits per heavy atom. The van der Waals surface area contributed by atoms with Crippen molar-refractivity contribution < 1.29 is 28.2 Å². The number of esters is 1. The van der Waals surface area contributed by atoms with E-state index < -0.39 is 18.4 Å². The van der Waals surface area contributed by atoms with Crippen LogP contribution in [0.5, 0.6) is 0 Å². The standard InChI is InChI=1S/C29H36FN3O5/c1-5-37-27(35)23-19-33(17-16-30)18-22(23)21-13-10-20(11-14-21)12-15-26(34)31-24-8-6-7-9-25(24)32-28(36)38-29(2,3)4/h6-15,22-23H,5,16-19H2,1-4H3,(H,31,34)(H,32,36)/b15-12+. The predicted molar refractivity (Wildman–Crippen MR) is 146 cm³/mol. The number of benzene rings is 2. The van der Waals surface area contributed by atoms with E-state index in [-0.39, 0.29) is 23.7 Å². The van der Waals surface area contributed by atoms with E-state index in [1.54, 1.807) is 58.0 Å². The molecule has 1 aliphatic rings. The molecule has 0 radical (unpaired) electrons. The van der Waals surface area contributed by atoms with Gasteiger partial charge in [-0.25, -0.2) is 9.18 Å². The fourth-order valence-electron chi connectivity index (χ4n) is 4.33. The lowest BCUT2D eigenvalue weighted by atomic mass is 9.88. The molecule has 9 heteroatoms. The number of hydrogen-bond acceptors (Lipinski definition) is 6. The highest BCUT2D eigenvalue weighted by atomic mass is 19.1. The smallest absolute Gasteiger partial charge is 0.412 e. The number of nitrogens with zero attached hydrogens (tertiary/aromatic N) is 1. The number of amides is 2. The molecule has 2 unspecified atom stereocenters. The van der Waals surface area contributed by atoms with Gasteiger partial charge in [0, 0.05) is 31.6 Å². The first kappa shape index (κ1) is 28.8. The lowest BCUT2D eigenvalue weighted by Gasteiger charge is -2.20. The molecule has 2 aromatic rings. The monoisotopic (exact) mass is 525 g/mol. The highest BCUT2D eigenvalue weighted by Crippen LogP contribution is 2.34. The summed E-state index contributed by atoms with van der Waals surface area (Å²) in [5.41, 5.74) is 1.98. The highest BCUT2D eigenvalue weighted by Gasteiger charge is 2.39. The maximum atomic E-state index is 12.9. The molecule has 8 nitrogen and oxygen atoms in total. The topological polar surface area (TPSA) is 97.0 Å². The van der Waals surface area contributed by atoms with E-state index in [2.05, 4.69) is 10.6 Å². The van der Waals surface area contributed by atoms with Crippen molar-refractivity contribution in [2.45, 2.75) is 39.2 Å². The first-order chi connectivity index (χ1) is 18.1. The fraction of sp³-hybridized carbons (Fsp3) is 0.414. The van der Waals surface area contributed by atoms with Gasteiger partial charge >= 0.3 is 12.1 Å². The maximum absolute atomic E-state index is 12.9. The van der Waals surface area contributed by atoms with Crippen LogP contribution in [0.4, 0.5) is 20.6 Å². The zero-order valence-electron chi connectivity index (χ0n) is 22.3. The van der Waals surface area contributed by atoms with Crippen LogP contribution < -0.4 is 10.6 Å². The van der Waals surface area contributed by atoms with Gasteiger partial charge in [0.2, 0.25) is 5.91 Å². The number of carbonyl (C=O) groups excluding carboxylic acids is 3. The molecule has 38 heavy (non-hydrogen) atoms. The van der Waals surface area contributed by atoms with E-state index in [0.29, 0.717) is 37.6 Å². The van der Waals surface area contributed by atoms with E-state index >= 15 is 0 Å². The molecule has 0 aromatic heterocycles. The van der Waals surface area contributed by atoms with Gasteiger partial charge in [-0.1, -0.05) is 36.4 Å². The molecule has 2 amide bonds. The van der Waals surface area contributed by atoms with Gasteiger partial charge in [-0.3, -0.25) is 19.8 Å². The van der Waals surface area contributed by atoms with Crippen LogP contribution in [0.1, 0.15) is 44.7 Å². The van der Waals surface area contributed by atoms with Crippen LogP contribution >= 0.6 is 0 Å². The molecule has 1 heterocycles. The number of halogens is 1. The normalized spacial score (nSPS) is 17.8. The van der Waals surface area contributed by atoms with Gasteiger partial charge in [0.1, 0.15) is 12.3 Å². The molecule has 0 bridgehead atoms. The third-order valence-corrected chi connectivity index (χ3v) is 6.00. The van der Waals surface area contributed by atoms with Crippen molar-refractivity contribution in [3.63, 3.8) is 0 Å². The van der Waals surface area contributed by atoms with Gasteiger partial charge in [-0.15, -0.1) is 0 Å². The van der Waals surface area contributed by atoms with Crippen LogP contribution in [-0.4, -0.2) is 61.4 Å². The Balaban J connectivity index is 1.64. The number of nitrogens with one attached hydrogen (secondary N) is 2. The number of hydrogen-bond donors (Lipinski definition) is 2. The molecule has 0 saturated carbocycles. The second-order valence-corrected chi connectivity index (χ2v) is 10.1. The molecule has 3 rings (SSSR count). The Bertz CT molecular complexity index is 1140. The second-order valence-electron chi connectivity index (χ2n) is 10.1. The van der Waals surface area contributed by atoms with Gasteiger partial charge < -0.3 is 14.8 Å². The zero-order valence-corrected chi connectivity index (χ0v) is 22.3. The summed E-state index contributed by atoms with van der Waals surface area (Å²) in [7, 11) is 0. The number of likely N-dealkylation sites (tertiary alicyclic amines) is 1. The molecule has 1 aliphatic heterocycles. The van der Waals surface area contributed by atoms with E-state index in [4.69, 9.17) is 9.47 Å². The van der Waals surface area contributed by atoms with Gasteiger partial charge in [-0.2, -0.15) is 0 Å². The zero-order chi connectivity index (χ0) is 27.7. The largest absolute Gasteiger partial charge is 0.466 e. The molecule has 204 valence electrons. The molecule has 1 saturated heterocycles. The molecule has 1 fully saturated rings. The lowest BCUT2D eigenvalue weighted by Crippen LogP contribution is -2.27. The van der Waals surface area contributed by atoms with E-state index in [0.717, 1.165) is 11.1 Å². The molecule has 2 N–H and O–H groups in total. The summed E-state index contributed by atoms with van der Waals surface area (Å²) >= 11 is 0. The summed E-state index contributed by atoms with van der Waals surface area (Å²) in [4.78, 5) is 39.1. The van der Waals surface area contributed by atoms with Gasteiger partial charge in [-0.05, 0) is 57.0 Å². The number of anilines is 2. The summed E-state index contributed by atoms with van der Waals surface area (Å²) in [5.74, 6) is -1.06. The Kier molecular flexibility index (Phi) is 10.0. The Morgan fingerprint density at radius 1 is 1.03 bits per heavy atom. The van der Waals surface area contributed by atoms with Crippen LogP contribution in [0.25, 0.3) is 6.08 Å². The van der Waals surface area contributed by atoms with E-state index in [1.807, 2.05) is 29.2 Å². The van der Waals surface area contributed by atoms with Crippen molar-refractivity contribution in [3.05, 3.63) is 65.7 Å². The number of para-hydroxylation sites is 2. The molecule has 0 aliphatic carbocycles. The van der Waals surface area contributed by atoms with Crippen LogP contribution in [-0.2, 0) is 19.1 Å². The average Bonchev–Trinajstić information content (AvgIpc) is 3.28. The molecular weight excluding hydrogens is 489 g/mol. The number of ether oxygens (including phenoxy) is 2. The maximum Gasteiger partial charge on any atom is 0.412 e. The number of carbonyl (C=O) groups is 3. The minimum Gasteiger partial charge on any atom is -0.466 e. The minimum atomic E-state index is -0.647. The van der Waals surface area contributed by atoms with Crippen LogP contribution in [0.3, 0.4) is 0 Å².